The van der Waals surface area contributed by atoms with Crippen molar-refractivity contribution in [2.75, 3.05) is 52.5 Å². The van der Waals surface area contributed by atoms with E-state index in [1.54, 1.807) is 35.9 Å². The van der Waals surface area contributed by atoms with Gasteiger partial charge in [-0.2, -0.15) is 0 Å². The minimum absolute atomic E-state index is 0.0194. The second-order valence-electron chi connectivity index (χ2n) is 6.18. The van der Waals surface area contributed by atoms with E-state index in [0.29, 0.717) is 55.9 Å². The second-order valence-corrected chi connectivity index (χ2v) is 8.88. The lowest BCUT2D eigenvalue weighted by Crippen LogP contribution is -2.13. The number of allylic oxidation sites excluding steroid dienone is 1. The average Bonchev–Trinajstić information content (AvgIpc) is 3.40. The molecule has 0 saturated carbocycles. The van der Waals surface area contributed by atoms with Crippen molar-refractivity contribution < 1.29 is 33.6 Å². The molecule has 1 heterocycles. The molecule has 0 saturated heterocycles. The molecule has 1 aliphatic heterocycles. The third kappa shape index (κ3) is 7.94. The maximum atomic E-state index is 12.3. The summed E-state index contributed by atoms with van der Waals surface area (Å²) >= 11 is 0. The Bertz CT molecular complexity index is 753. The van der Waals surface area contributed by atoms with Crippen molar-refractivity contribution in [2.45, 2.75) is 6.42 Å². The van der Waals surface area contributed by atoms with Crippen molar-refractivity contribution in [1.29, 1.82) is 0 Å². The Labute approximate surface area is 170 Å². The van der Waals surface area contributed by atoms with Crippen LogP contribution in [0.2, 0.25) is 0 Å². The van der Waals surface area contributed by atoms with Crippen LogP contribution in [0.15, 0.2) is 39.2 Å². The zero-order valence-electron chi connectivity index (χ0n) is 16.2. The first-order valence-corrected chi connectivity index (χ1v) is 11.1. The van der Waals surface area contributed by atoms with E-state index in [2.05, 4.69) is 4.58 Å². The fourth-order valence-corrected chi connectivity index (χ4v) is 3.79. The first kappa shape index (κ1) is 23.0. The average molecular weight is 427 g/mol. The Morgan fingerprint density at radius 1 is 1.00 bits per heavy atom. The van der Waals surface area contributed by atoms with Gasteiger partial charge >= 0.3 is 5.97 Å². The summed E-state index contributed by atoms with van der Waals surface area (Å²) < 4.78 is 24.4. The van der Waals surface area contributed by atoms with Crippen LogP contribution in [0, 0.1) is 4.91 Å². The number of aliphatic carboxylic acids is 1. The molecular formula is C19H25NO8S. The minimum Gasteiger partial charge on any atom is -0.491 e. The number of rotatable bonds is 16. The molecule has 1 atom stereocenters. The standard InChI is InChI=1S/C19H25NO8S/c1-29(20-24)14-17(29)19(23)15-3-2-4-16(13-15)28-12-11-27-10-9-26-8-7-25-6-5-18(21)22/h2-4,13-14H,5-12H2,1H3,(H,21,22). The van der Waals surface area contributed by atoms with Crippen molar-refractivity contribution in [3.63, 3.8) is 0 Å². The number of carboxylic acids is 1. The summed E-state index contributed by atoms with van der Waals surface area (Å²) in [5.41, 5.74) is 0.466. The monoisotopic (exact) mass is 427 g/mol. The van der Waals surface area contributed by atoms with Crippen molar-refractivity contribution in [3.8, 4) is 5.75 Å². The van der Waals surface area contributed by atoms with Crippen LogP contribution < -0.4 is 4.74 Å². The fraction of sp³-hybridized carbons (Fsp3) is 0.474. The maximum absolute atomic E-state index is 12.3. The van der Waals surface area contributed by atoms with Crippen molar-refractivity contribution in [2.24, 2.45) is 4.58 Å². The summed E-state index contributed by atoms with van der Waals surface area (Å²) in [6, 6.07) is 6.78. The molecule has 1 aromatic carbocycles. The lowest BCUT2D eigenvalue weighted by Gasteiger charge is -2.09. The SMILES string of the molecule is CS1(N=O)C=C1C(=O)c1cccc(OCCOCCOCCOCCC(=O)O)c1. The summed E-state index contributed by atoms with van der Waals surface area (Å²) in [5.74, 6) is -0.529. The molecule has 1 N–H and O–H groups in total. The van der Waals surface area contributed by atoms with Crippen LogP contribution in [0.4, 0.5) is 0 Å². The Morgan fingerprint density at radius 3 is 2.21 bits per heavy atom. The van der Waals surface area contributed by atoms with E-state index in [-0.39, 0.29) is 18.8 Å². The van der Waals surface area contributed by atoms with Gasteiger partial charge in [-0.3, -0.25) is 9.59 Å². The highest BCUT2D eigenvalue weighted by Crippen LogP contribution is 2.69. The third-order valence-electron chi connectivity index (χ3n) is 3.90. The predicted octanol–water partition coefficient (Wildman–Crippen LogP) is 2.74. The number of hydrogen-bond donors (Lipinski definition) is 1. The van der Waals surface area contributed by atoms with E-state index in [1.165, 1.54) is 0 Å². The van der Waals surface area contributed by atoms with Gasteiger partial charge in [0.1, 0.15) is 12.4 Å². The number of benzene rings is 1. The zero-order chi connectivity index (χ0) is 21.1. The van der Waals surface area contributed by atoms with Gasteiger partial charge < -0.3 is 24.1 Å². The molecule has 0 aliphatic carbocycles. The molecule has 1 unspecified atom stereocenters. The summed E-state index contributed by atoms with van der Waals surface area (Å²) in [4.78, 5) is 33.9. The molecule has 0 fully saturated rings. The van der Waals surface area contributed by atoms with Gasteiger partial charge in [0.25, 0.3) is 0 Å². The topological polar surface area (TPSA) is 121 Å². The van der Waals surface area contributed by atoms with Crippen LogP contribution in [0.1, 0.15) is 16.8 Å². The molecule has 1 aliphatic rings. The number of Topliss-reactive ketones (excluding diaryl/α,β-unsaturated/α-hetero) is 1. The van der Waals surface area contributed by atoms with Gasteiger partial charge in [-0.05, 0) is 28.4 Å². The van der Waals surface area contributed by atoms with E-state index >= 15 is 0 Å². The first-order valence-electron chi connectivity index (χ1n) is 9.03. The summed E-state index contributed by atoms with van der Waals surface area (Å²) in [6.45, 7) is 2.35. The molecular weight excluding hydrogens is 402 g/mol. The van der Waals surface area contributed by atoms with E-state index in [4.69, 9.17) is 24.1 Å². The maximum Gasteiger partial charge on any atom is 0.305 e. The predicted molar refractivity (Wildman–Crippen MR) is 108 cm³/mol. The van der Waals surface area contributed by atoms with Gasteiger partial charge in [0, 0.05) is 5.56 Å². The molecule has 0 amide bonds. The molecule has 0 bridgehead atoms. The van der Waals surface area contributed by atoms with E-state index < -0.39 is 16.2 Å². The molecule has 1 aromatic rings. The van der Waals surface area contributed by atoms with Crippen LogP contribution in [0.25, 0.3) is 0 Å². The Balaban J connectivity index is 1.53. The summed E-state index contributed by atoms with van der Waals surface area (Å²) in [5, 5.41) is 10.1. The molecule has 10 heteroatoms. The van der Waals surface area contributed by atoms with Gasteiger partial charge in [0.2, 0.25) is 5.78 Å². The lowest BCUT2D eigenvalue weighted by atomic mass is 10.1. The smallest absolute Gasteiger partial charge is 0.305 e. The van der Waals surface area contributed by atoms with E-state index in [1.807, 2.05) is 0 Å². The number of ketones is 1. The fourth-order valence-electron chi connectivity index (χ4n) is 2.28. The minimum atomic E-state index is -1.85. The number of carbonyl (C=O) groups is 2. The van der Waals surface area contributed by atoms with Crippen molar-refractivity contribution in [3.05, 3.63) is 45.0 Å². The van der Waals surface area contributed by atoms with Crippen LogP contribution in [0.3, 0.4) is 0 Å². The van der Waals surface area contributed by atoms with E-state index in [0.717, 1.165) is 0 Å². The largest absolute Gasteiger partial charge is 0.491 e. The Hall–Kier alpha value is -2.27. The quantitative estimate of drug-likeness (QED) is 0.243. The Kier molecular flexibility index (Phi) is 9.26. The van der Waals surface area contributed by atoms with Crippen LogP contribution >= 0.6 is 10.2 Å². The van der Waals surface area contributed by atoms with Gasteiger partial charge in [-0.1, -0.05) is 22.3 Å². The summed E-state index contributed by atoms with van der Waals surface area (Å²) in [6.07, 6.45) is 1.66. The Morgan fingerprint density at radius 2 is 1.62 bits per heavy atom. The van der Waals surface area contributed by atoms with Crippen LogP contribution in [-0.4, -0.2) is 69.4 Å². The van der Waals surface area contributed by atoms with Crippen LogP contribution in [0.5, 0.6) is 5.75 Å². The van der Waals surface area contributed by atoms with Crippen molar-refractivity contribution in [1.82, 2.24) is 0 Å². The number of carboxylic acid groups (broad SMARTS) is 1. The number of ether oxygens (including phenoxy) is 4. The summed E-state index contributed by atoms with van der Waals surface area (Å²) in [7, 11) is -1.85. The van der Waals surface area contributed by atoms with Gasteiger partial charge in [0.05, 0.1) is 51.0 Å². The number of carbonyl (C=O) groups excluding carboxylic acids is 1. The highest BCUT2D eigenvalue weighted by atomic mass is 32.3. The molecule has 9 nitrogen and oxygen atoms in total. The number of hydrogen-bond acceptors (Lipinski definition) is 8. The van der Waals surface area contributed by atoms with Crippen LogP contribution in [-0.2, 0) is 19.0 Å². The number of nitrogens with zero attached hydrogens (tertiary/aromatic N) is 1. The van der Waals surface area contributed by atoms with Gasteiger partial charge in [0.15, 0.2) is 0 Å². The second kappa shape index (κ2) is 11.7. The third-order valence-corrected chi connectivity index (χ3v) is 5.84. The molecule has 160 valence electrons. The molecule has 0 aromatic heterocycles. The molecule has 0 radical (unpaired) electrons. The normalized spacial score (nSPS) is 19.7. The zero-order valence-corrected chi connectivity index (χ0v) is 17.0. The lowest BCUT2D eigenvalue weighted by molar-refractivity contribution is -0.138. The van der Waals surface area contributed by atoms with E-state index in [9.17, 15) is 14.5 Å². The highest BCUT2D eigenvalue weighted by molar-refractivity contribution is 8.43. The van der Waals surface area contributed by atoms with Crippen molar-refractivity contribution >= 4 is 22.0 Å². The highest BCUT2D eigenvalue weighted by Gasteiger charge is 2.41. The molecule has 0 spiro atoms. The molecule has 2 rings (SSSR count). The van der Waals surface area contributed by atoms with Gasteiger partial charge in [-0.15, -0.1) is 4.91 Å². The van der Waals surface area contributed by atoms with Gasteiger partial charge in [-0.25, -0.2) is 0 Å². The molecule has 29 heavy (non-hydrogen) atoms. The number of nitroso groups, excluding NO2 is 1. The first-order chi connectivity index (χ1) is 14.0.